The third kappa shape index (κ3) is 1.58. The van der Waals surface area contributed by atoms with Crippen LogP contribution in [0.15, 0.2) is 0 Å². The van der Waals surface area contributed by atoms with E-state index in [0.717, 1.165) is 17.9 Å². The van der Waals surface area contributed by atoms with Gasteiger partial charge in [0.05, 0.1) is 0 Å². The van der Waals surface area contributed by atoms with E-state index in [9.17, 15) is 0 Å². The molecule has 2 bridgehead atoms. The first-order chi connectivity index (χ1) is 5.24. The minimum Gasteiger partial charge on any atom is -0.312 e. The molecule has 3 aliphatic rings. The van der Waals surface area contributed by atoms with Gasteiger partial charge in [-0.05, 0) is 37.5 Å². The molecule has 0 aliphatic heterocycles. The van der Waals surface area contributed by atoms with Crippen molar-refractivity contribution in [3.8, 4) is 0 Å². The normalized spacial score (nSPS) is 42.3. The molecule has 0 unspecified atom stereocenters. The highest BCUT2D eigenvalue weighted by atomic mass is 14.9. The number of hydrogen-bond acceptors (Lipinski definition) is 1. The first kappa shape index (κ1) is 7.60. The molecule has 1 nitrogen and oxygen atoms in total. The van der Waals surface area contributed by atoms with Gasteiger partial charge in [0.25, 0.3) is 0 Å². The quantitative estimate of drug-likeness (QED) is 0.641. The van der Waals surface area contributed by atoms with E-state index in [-0.39, 0.29) is 0 Å². The maximum absolute atomic E-state index is 3.64. The lowest BCUT2D eigenvalue weighted by atomic mass is 9.63. The zero-order valence-corrected chi connectivity index (χ0v) is 7.64. The van der Waals surface area contributed by atoms with E-state index >= 15 is 0 Å². The molecule has 0 spiro atoms. The Labute approximate surface area is 69.6 Å². The van der Waals surface area contributed by atoms with E-state index in [1.165, 1.54) is 25.7 Å². The largest absolute Gasteiger partial charge is 0.312 e. The van der Waals surface area contributed by atoms with Crippen molar-refractivity contribution < 1.29 is 0 Å². The third-order valence-electron chi connectivity index (χ3n) is 3.14. The van der Waals surface area contributed by atoms with Crippen LogP contribution in [0.5, 0.6) is 0 Å². The fourth-order valence-corrected chi connectivity index (χ4v) is 2.77. The highest BCUT2D eigenvalue weighted by Crippen LogP contribution is 2.45. The third-order valence-corrected chi connectivity index (χ3v) is 3.14. The minimum atomic E-state index is 0.678. The van der Waals surface area contributed by atoms with E-state index in [2.05, 4.69) is 19.2 Å². The molecule has 0 atom stereocenters. The Balaban J connectivity index is 1.79. The van der Waals surface area contributed by atoms with E-state index in [4.69, 9.17) is 0 Å². The summed E-state index contributed by atoms with van der Waals surface area (Å²) in [5.41, 5.74) is 0. The number of fused-ring (bicyclic) bond motifs is 2. The molecule has 1 heteroatoms. The summed E-state index contributed by atoms with van der Waals surface area (Å²) in [5.74, 6) is 2.18. The highest BCUT2D eigenvalue weighted by molar-refractivity contribution is 4.92. The second-order valence-corrected chi connectivity index (χ2v) is 4.69. The monoisotopic (exact) mass is 153 g/mol. The van der Waals surface area contributed by atoms with Crippen molar-refractivity contribution in [3.63, 3.8) is 0 Å². The van der Waals surface area contributed by atoms with Crippen LogP contribution in [0.2, 0.25) is 0 Å². The molecule has 0 aromatic heterocycles. The van der Waals surface area contributed by atoms with Crippen LogP contribution in [0.3, 0.4) is 0 Å². The Morgan fingerprint density at radius 1 is 1.00 bits per heavy atom. The summed E-state index contributed by atoms with van der Waals surface area (Å²) in [5, 5.41) is 3.64. The summed E-state index contributed by atoms with van der Waals surface area (Å²) >= 11 is 0. The summed E-state index contributed by atoms with van der Waals surface area (Å²) < 4.78 is 0. The van der Waals surface area contributed by atoms with Gasteiger partial charge in [-0.25, -0.2) is 0 Å². The van der Waals surface area contributed by atoms with Gasteiger partial charge in [0.1, 0.15) is 0 Å². The Bertz CT molecular complexity index is 123. The molecule has 0 heterocycles. The van der Waals surface area contributed by atoms with Gasteiger partial charge in [-0.1, -0.05) is 13.8 Å². The van der Waals surface area contributed by atoms with E-state index in [1.54, 1.807) is 0 Å². The van der Waals surface area contributed by atoms with Crippen LogP contribution >= 0.6 is 0 Å². The second kappa shape index (κ2) is 2.78. The second-order valence-electron chi connectivity index (χ2n) is 4.69. The summed E-state index contributed by atoms with van der Waals surface area (Å²) in [6, 6.07) is 1.53. The molecule has 1 N–H and O–H groups in total. The lowest BCUT2D eigenvalue weighted by molar-refractivity contribution is 0.0817. The van der Waals surface area contributed by atoms with Gasteiger partial charge in [0, 0.05) is 12.1 Å². The molecule has 0 amide bonds. The van der Waals surface area contributed by atoms with Crippen LogP contribution in [0, 0.1) is 11.8 Å². The molecule has 3 saturated carbocycles. The van der Waals surface area contributed by atoms with E-state index in [0.29, 0.717) is 6.04 Å². The molecule has 0 aromatic rings. The van der Waals surface area contributed by atoms with E-state index < -0.39 is 0 Å². The summed E-state index contributed by atoms with van der Waals surface area (Å²) in [7, 11) is 0. The smallest absolute Gasteiger partial charge is 0.00747 e. The first-order valence-electron chi connectivity index (χ1n) is 5.00. The van der Waals surface area contributed by atoms with Gasteiger partial charge < -0.3 is 5.32 Å². The van der Waals surface area contributed by atoms with Crippen LogP contribution in [-0.2, 0) is 0 Å². The van der Waals surface area contributed by atoms with Crippen molar-refractivity contribution >= 4 is 0 Å². The fourth-order valence-electron chi connectivity index (χ4n) is 2.77. The minimum absolute atomic E-state index is 0.678. The zero-order chi connectivity index (χ0) is 7.84. The number of nitrogens with one attached hydrogen (secondary N) is 1. The Kier molecular flexibility index (Phi) is 1.92. The van der Waals surface area contributed by atoms with Crippen molar-refractivity contribution in [3.05, 3.63) is 0 Å². The van der Waals surface area contributed by atoms with Crippen LogP contribution in [0.25, 0.3) is 0 Å². The predicted octanol–water partition coefficient (Wildman–Crippen LogP) is 2.17. The molecule has 11 heavy (non-hydrogen) atoms. The van der Waals surface area contributed by atoms with Crippen molar-refractivity contribution in [2.24, 2.45) is 11.8 Å². The average Bonchev–Trinajstić information content (AvgIpc) is 1.83. The Morgan fingerprint density at radius 2 is 1.55 bits per heavy atom. The first-order valence-corrected chi connectivity index (χ1v) is 5.00. The molecule has 64 valence electrons. The zero-order valence-electron chi connectivity index (χ0n) is 7.64. The molecule has 3 rings (SSSR count). The van der Waals surface area contributed by atoms with Crippen molar-refractivity contribution in [2.45, 2.75) is 51.6 Å². The number of rotatable bonds is 2. The molecular formula is C10H19N. The SMILES string of the molecule is CC(C)NC1CC2CC(C2)C1. The van der Waals surface area contributed by atoms with Gasteiger partial charge >= 0.3 is 0 Å². The van der Waals surface area contributed by atoms with Crippen LogP contribution in [0.1, 0.15) is 39.5 Å². The molecule has 3 aliphatic carbocycles. The van der Waals surface area contributed by atoms with Crippen molar-refractivity contribution in [1.29, 1.82) is 0 Å². The van der Waals surface area contributed by atoms with Gasteiger partial charge in [-0.2, -0.15) is 0 Å². The van der Waals surface area contributed by atoms with Gasteiger partial charge in [0.2, 0.25) is 0 Å². The lowest BCUT2D eigenvalue weighted by Gasteiger charge is -2.46. The standard InChI is InChI=1S/C10H19N/c1-7(2)11-10-5-8-3-9(4-8)6-10/h7-11H,3-6H2,1-2H3. The fraction of sp³-hybridized carbons (Fsp3) is 1.00. The molecule has 3 fully saturated rings. The van der Waals surface area contributed by atoms with E-state index in [1.807, 2.05) is 0 Å². The summed E-state index contributed by atoms with van der Waals surface area (Å²) in [4.78, 5) is 0. The molecular weight excluding hydrogens is 134 g/mol. The molecule has 0 aromatic carbocycles. The number of hydrogen-bond donors (Lipinski definition) is 1. The Morgan fingerprint density at radius 3 is 2.00 bits per heavy atom. The van der Waals surface area contributed by atoms with Gasteiger partial charge in [-0.3, -0.25) is 0 Å². The van der Waals surface area contributed by atoms with Crippen LogP contribution < -0.4 is 5.32 Å². The topological polar surface area (TPSA) is 12.0 Å². The van der Waals surface area contributed by atoms with Crippen molar-refractivity contribution in [1.82, 2.24) is 5.32 Å². The van der Waals surface area contributed by atoms with Gasteiger partial charge in [-0.15, -0.1) is 0 Å². The Hall–Kier alpha value is -0.0400. The maximum atomic E-state index is 3.64. The summed E-state index contributed by atoms with van der Waals surface area (Å²) in [6.07, 6.45) is 5.98. The summed E-state index contributed by atoms with van der Waals surface area (Å²) in [6.45, 7) is 4.50. The molecule has 0 saturated heterocycles. The highest BCUT2D eigenvalue weighted by Gasteiger charge is 2.37. The lowest BCUT2D eigenvalue weighted by Crippen LogP contribution is -2.46. The maximum Gasteiger partial charge on any atom is 0.00747 e. The van der Waals surface area contributed by atoms with Crippen LogP contribution in [0.4, 0.5) is 0 Å². The van der Waals surface area contributed by atoms with Crippen molar-refractivity contribution in [2.75, 3.05) is 0 Å². The molecule has 0 radical (unpaired) electrons. The van der Waals surface area contributed by atoms with Crippen LogP contribution in [-0.4, -0.2) is 12.1 Å². The predicted molar refractivity (Wildman–Crippen MR) is 47.5 cm³/mol. The average molecular weight is 153 g/mol. The van der Waals surface area contributed by atoms with Gasteiger partial charge in [0.15, 0.2) is 0 Å².